The minimum Gasteiger partial charge on any atom is -0.465 e. The van der Waals surface area contributed by atoms with Gasteiger partial charge in [0.05, 0.1) is 12.7 Å². The second kappa shape index (κ2) is 12.4. The second-order valence-corrected chi connectivity index (χ2v) is 6.50. The van der Waals surface area contributed by atoms with Crippen LogP contribution in [0.1, 0.15) is 92.4 Å². The topological polar surface area (TPSA) is 52.6 Å². The van der Waals surface area contributed by atoms with E-state index in [-0.39, 0.29) is 6.10 Å². The first kappa shape index (κ1) is 21.9. The maximum Gasteiger partial charge on any atom is 0.323 e. The van der Waals surface area contributed by atoms with Crippen molar-refractivity contribution in [2.75, 3.05) is 6.61 Å². The Kier molecular flexibility index (Phi) is 11.8. The van der Waals surface area contributed by atoms with Crippen molar-refractivity contribution in [3.8, 4) is 0 Å². The fourth-order valence-corrected chi connectivity index (χ4v) is 2.60. The molecule has 0 fully saturated rings. The predicted molar refractivity (Wildman–Crippen MR) is 93.2 cm³/mol. The number of ether oxygens (including phenoxy) is 2. The normalized spacial score (nSPS) is 11.6. The molecule has 0 aromatic rings. The van der Waals surface area contributed by atoms with Crippen molar-refractivity contribution in [1.29, 1.82) is 0 Å². The lowest BCUT2D eigenvalue weighted by molar-refractivity contribution is -0.175. The van der Waals surface area contributed by atoms with E-state index in [1.54, 1.807) is 13.8 Å². The number of carbonyl (C=O) groups excluding carboxylic acids is 2. The van der Waals surface area contributed by atoms with Gasteiger partial charge in [0.25, 0.3) is 0 Å². The quantitative estimate of drug-likeness (QED) is 0.270. The molecule has 0 N–H and O–H groups in total. The summed E-state index contributed by atoms with van der Waals surface area (Å²) in [5, 5.41) is 0. The third-order valence-electron chi connectivity index (χ3n) is 4.31. The maximum absolute atomic E-state index is 12.4. The summed E-state index contributed by atoms with van der Waals surface area (Å²) in [7, 11) is 0. The van der Waals surface area contributed by atoms with Crippen molar-refractivity contribution in [3.63, 3.8) is 0 Å². The maximum atomic E-state index is 12.4. The van der Waals surface area contributed by atoms with Gasteiger partial charge in [0.15, 0.2) is 5.41 Å². The monoisotopic (exact) mass is 328 g/mol. The Balaban J connectivity index is 4.23. The Morgan fingerprint density at radius 2 is 1.35 bits per heavy atom. The van der Waals surface area contributed by atoms with Gasteiger partial charge in [0.1, 0.15) is 0 Å². The van der Waals surface area contributed by atoms with Crippen LogP contribution < -0.4 is 0 Å². The van der Waals surface area contributed by atoms with Gasteiger partial charge in [-0.15, -0.1) is 0 Å². The lowest BCUT2D eigenvalue weighted by Crippen LogP contribution is -2.42. The molecule has 0 unspecified atom stereocenters. The highest BCUT2D eigenvalue weighted by Gasteiger charge is 2.46. The van der Waals surface area contributed by atoms with E-state index in [1.807, 2.05) is 13.8 Å². The number of hydrogen-bond acceptors (Lipinski definition) is 4. The van der Waals surface area contributed by atoms with Gasteiger partial charge >= 0.3 is 11.9 Å². The summed E-state index contributed by atoms with van der Waals surface area (Å²) >= 11 is 0. The zero-order valence-corrected chi connectivity index (χ0v) is 15.8. The van der Waals surface area contributed by atoms with E-state index in [0.29, 0.717) is 19.4 Å². The molecular formula is C19H36O4. The molecule has 0 atom stereocenters. The van der Waals surface area contributed by atoms with Crippen molar-refractivity contribution in [2.24, 2.45) is 5.41 Å². The third-order valence-corrected chi connectivity index (χ3v) is 4.31. The molecule has 0 saturated heterocycles. The molecule has 0 aliphatic carbocycles. The van der Waals surface area contributed by atoms with Gasteiger partial charge in [-0.1, -0.05) is 59.3 Å². The molecule has 4 nitrogen and oxygen atoms in total. The lowest BCUT2D eigenvalue weighted by Gasteiger charge is -2.27. The molecule has 0 saturated carbocycles. The van der Waals surface area contributed by atoms with Crippen molar-refractivity contribution >= 4 is 11.9 Å². The van der Waals surface area contributed by atoms with Gasteiger partial charge in [-0.3, -0.25) is 9.59 Å². The Morgan fingerprint density at radius 1 is 0.826 bits per heavy atom. The average molecular weight is 328 g/mol. The van der Waals surface area contributed by atoms with Crippen LogP contribution in [0.3, 0.4) is 0 Å². The van der Waals surface area contributed by atoms with Gasteiger partial charge in [-0.25, -0.2) is 0 Å². The molecule has 0 rings (SSSR count). The number of esters is 2. The van der Waals surface area contributed by atoms with E-state index in [1.165, 1.54) is 32.1 Å². The zero-order chi connectivity index (χ0) is 17.7. The van der Waals surface area contributed by atoms with E-state index in [0.717, 1.165) is 12.8 Å². The fourth-order valence-electron chi connectivity index (χ4n) is 2.60. The second-order valence-electron chi connectivity index (χ2n) is 6.50. The van der Waals surface area contributed by atoms with E-state index in [4.69, 9.17) is 9.47 Å². The Morgan fingerprint density at radius 3 is 1.83 bits per heavy atom. The van der Waals surface area contributed by atoms with Crippen molar-refractivity contribution < 1.29 is 19.1 Å². The van der Waals surface area contributed by atoms with Gasteiger partial charge < -0.3 is 9.47 Å². The molecule has 0 heterocycles. The van der Waals surface area contributed by atoms with Crippen LogP contribution in [0.2, 0.25) is 0 Å². The Hall–Kier alpha value is -1.06. The van der Waals surface area contributed by atoms with Crippen LogP contribution in [-0.4, -0.2) is 24.6 Å². The van der Waals surface area contributed by atoms with E-state index in [9.17, 15) is 9.59 Å². The molecule has 0 amide bonds. The van der Waals surface area contributed by atoms with E-state index in [2.05, 4.69) is 6.92 Å². The predicted octanol–water partition coefficient (Wildman–Crippen LogP) is 5.04. The minimum atomic E-state index is -1.15. The van der Waals surface area contributed by atoms with Crippen LogP contribution in [0.4, 0.5) is 0 Å². The summed E-state index contributed by atoms with van der Waals surface area (Å²) in [6.45, 7) is 9.84. The van der Waals surface area contributed by atoms with Gasteiger partial charge in [-0.2, -0.15) is 0 Å². The molecule has 4 heteroatoms. The van der Waals surface area contributed by atoms with E-state index < -0.39 is 17.4 Å². The molecule has 0 bridgehead atoms. The summed E-state index contributed by atoms with van der Waals surface area (Å²) in [5.41, 5.74) is -1.15. The lowest BCUT2D eigenvalue weighted by atomic mass is 9.82. The van der Waals surface area contributed by atoms with Crippen molar-refractivity contribution in [1.82, 2.24) is 0 Å². The minimum absolute atomic E-state index is 0.226. The smallest absolute Gasteiger partial charge is 0.323 e. The molecule has 136 valence electrons. The fraction of sp³-hybridized carbons (Fsp3) is 0.895. The van der Waals surface area contributed by atoms with Gasteiger partial charge in [0, 0.05) is 0 Å². The van der Waals surface area contributed by atoms with Crippen LogP contribution in [-0.2, 0) is 19.1 Å². The molecule has 0 spiro atoms. The first-order valence-corrected chi connectivity index (χ1v) is 9.32. The number of hydrogen-bond donors (Lipinski definition) is 0. The molecule has 0 aliphatic heterocycles. The highest BCUT2D eigenvalue weighted by molar-refractivity contribution is 6.00. The molecule has 23 heavy (non-hydrogen) atoms. The first-order valence-electron chi connectivity index (χ1n) is 9.32. The van der Waals surface area contributed by atoms with Gasteiger partial charge in [-0.05, 0) is 33.1 Å². The summed E-state index contributed by atoms with van der Waals surface area (Å²) < 4.78 is 10.6. The summed E-state index contributed by atoms with van der Waals surface area (Å²) in [5.74, 6) is -0.888. The Labute approximate surface area is 142 Å². The summed E-state index contributed by atoms with van der Waals surface area (Å²) in [4.78, 5) is 24.7. The highest BCUT2D eigenvalue weighted by atomic mass is 16.6. The molecule has 0 aromatic carbocycles. The molecule has 0 aliphatic rings. The van der Waals surface area contributed by atoms with Crippen LogP contribution in [0.25, 0.3) is 0 Å². The standard InChI is InChI=1S/C19H36O4/c1-6-9-10-11-12-13-14-15-22-17(20)19(7-2,8-3)18(21)23-16(4)5/h16H,6-15H2,1-5H3. The van der Waals surface area contributed by atoms with Crippen LogP contribution >= 0.6 is 0 Å². The molecular weight excluding hydrogens is 292 g/mol. The largest absolute Gasteiger partial charge is 0.465 e. The van der Waals surface area contributed by atoms with Crippen molar-refractivity contribution in [3.05, 3.63) is 0 Å². The Bertz CT molecular complexity index is 332. The average Bonchev–Trinajstić information content (AvgIpc) is 2.51. The van der Waals surface area contributed by atoms with Crippen LogP contribution in [0, 0.1) is 5.41 Å². The highest BCUT2D eigenvalue weighted by Crippen LogP contribution is 2.30. The SMILES string of the molecule is CCCCCCCCCOC(=O)C(CC)(CC)C(=O)OC(C)C. The third kappa shape index (κ3) is 7.85. The number of carbonyl (C=O) groups is 2. The zero-order valence-electron chi connectivity index (χ0n) is 15.8. The number of rotatable bonds is 13. The molecule has 0 radical (unpaired) electrons. The van der Waals surface area contributed by atoms with Crippen LogP contribution in [0.15, 0.2) is 0 Å². The first-order chi connectivity index (χ1) is 10.9. The van der Waals surface area contributed by atoms with Crippen LogP contribution in [0.5, 0.6) is 0 Å². The number of unbranched alkanes of at least 4 members (excludes halogenated alkanes) is 6. The summed E-state index contributed by atoms with van der Waals surface area (Å²) in [6.07, 6.45) is 8.77. The van der Waals surface area contributed by atoms with Gasteiger partial charge in [0.2, 0.25) is 0 Å². The summed E-state index contributed by atoms with van der Waals surface area (Å²) in [6, 6.07) is 0. The van der Waals surface area contributed by atoms with Crippen molar-refractivity contribution in [2.45, 2.75) is 98.5 Å². The van der Waals surface area contributed by atoms with E-state index >= 15 is 0 Å². The molecule has 0 aromatic heterocycles.